The second kappa shape index (κ2) is 6.98. The zero-order valence-corrected chi connectivity index (χ0v) is 13.5. The third kappa shape index (κ3) is 4.00. The molecule has 2 heterocycles. The zero-order chi connectivity index (χ0) is 16.2. The molecule has 1 aliphatic carbocycles. The fourth-order valence-corrected chi connectivity index (χ4v) is 3.23. The minimum absolute atomic E-state index is 0.0675. The minimum atomic E-state index is -0.306. The van der Waals surface area contributed by atoms with Gasteiger partial charge in [0.25, 0.3) is 0 Å². The molecule has 1 unspecified atom stereocenters. The Morgan fingerprint density at radius 1 is 1.48 bits per heavy atom. The fraction of sp³-hybridized carbons (Fsp3) is 0.588. The van der Waals surface area contributed by atoms with E-state index >= 15 is 0 Å². The Balaban J connectivity index is 1.50. The van der Waals surface area contributed by atoms with E-state index in [1.165, 1.54) is 18.4 Å². The fourth-order valence-electron chi connectivity index (χ4n) is 3.23. The summed E-state index contributed by atoms with van der Waals surface area (Å²) in [5.41, 5.74) is 1.45. The number of carbonyl (C=O) groups excluding carboxylic acids is 2. The van der Waals surface area contributed by atoms with Crippen molar-refractivity contribution < 1.29 is 14.1 Å². The number of nitrogens with zero attached hydrogens (tertiary/aromatic N) is 2. The molecular weight excluding hydrogens is 294 g/mol. The van der Waals surface area contributed by atoms with Crippen LogP contribution in [0.4, 0.5) is 5.82 Å². The van der Waals surface area contributed by atoms with Gasteiger partial charge in [0.2, 0.25) is 11.8 Å². The van der Waals surface area contributed by atoms with Gasteiger partial charge in [-0.25, -0.2) is 0 Å². The maximum absolute atomic E-state index is 12.2. The summed E-state index contributed by atoms with van der Waals surface area (Å²) in [5, 5.41) is 6.47. The summed E-state index contributed by atoms with van der Waals surface area (Å²) in [6.45, 7) is 2.98. The number of hydrogen-bond acceptors (Lipinski definition) is 4. The highest BCUT2D eigenvalue weighted by Gasteiger charge is 2.34. The van der Waals surface area contributed by atoms with Crippen LogP contribution < -0.4 is 5.32 Å². The van der Waals surface area contributed by atoms with Gasteiger partial charge in [-0.05, 0) is 39.0 Å². The number of amides is 2. The molecule has 0 radical (unpaired) electrons. The molecule has 0 aromatic carbocycles. The molecule has 1 aromatic heterocycles. The van der Waals surface area contributed by atoms with Gasteiger partial charge in [0.05, 0.1) is 5.92 Å². The van der Waals surface area contributed by atoms with Crippen molar-refractivity contribution in [3.8, 4) is 0 Å². The van der Waals surface area contributed by atoms with Gasteiger partial charge in [0, 0.05) is 25.6 Å². The highest BCUT2D eigenvalue weighted by Crippen LogP contribution is 2.24. The van der Waals surface area contributed by atoms with Crippen molar-refractivity contribution in [1.29, 1.82) is 0 Å². The maximum Gasteiger partial charge on any atom is 0.231 e. The lowest BCUT2D eigenvalue weighted by Gasteiger charge is -2.19. The highest BCUT2D eigenvalue weighted by molar-refractivity contribution is 5.96. The van der Waals surface area contributed by atoms with E-state index in [4.69, 9.17) is 4.52 Å². The Bertz CT molecular complexity index is 620. The Kier molecular flexibility index (Phi) is 4.79. The smallest absolute Gasteiger partial charge is 0.231 e. The van der Waals surface area contributed by atoms with Crippen LogP contribution >= 0.6 is 0 Å². The second-order valence-corrected chi connectivity index (χ2v) is 6.41. The minimum Gasteiger partial charge on any atom is -0.360 e. The molecular formula is C17H23N3O3. The van der Waals surface area contributed by atoms with E-state index in [1.54, 1.807) is 13.0 Å². The van der Waals surface area contributed by atoms with Crippen molar-refractivity contribution in [2.75, 3.05) is 18.4 Å². The average Bonchev–Trinajstić information content (AvgIpc) is 3.12. The molecule has 1 aliphatic heterocycles. The van der Waals surface area contributed by atoms with E-state index in [9.17, 15) is 9.59 Å². The van der Waals surface area contributed by atoms with E-state index < -0.39 is 0 Å². The quantitative estimate of drug-likeness (QED) is 0.847. The molecule has 124 valence electrons. The lowest BCUT2D eigenvalue weighted by molar-refractivity contribution is -0.128. The van der Waals surface area contributed by atoms with Crippen molar-refractivity contribution >= 4 is 17.6 Å². The number of aryl methyl sites for hydroxylation is 1. The van der Waals surface area contributed by atoms with Crippen LogP contribution in [0.3, 0.4) is 0 Å². The van der Waals surface area contributed by atoms with E-state index in [1.807, 2.05) is 4.90 Å². The first-order chi connectivity index (χ1) is 11.1. The first-order valence-corrected chi connectivity index (χ1v) is 8.31. The number of allylic oxidation sites excluding steroid dienone is 1. The summed E-state index contributed by atoms with van der Waals surface area (Å²) in [5.74, 6) is 0.653. The number of anilines is 1. The van der Waals surface area contributed by atoms with E-state index in [0.29, 0.717) is 18.1 Å². The van der Waals surface area contributed by atoms with Crippen molar-refractivity contribution in [2.24, 2.45) is 5.92 Å². The van der Waals surface area contributed by atoms with Crippen molar-refractivity contribution in [1.82, 2.24) is 10.1 Å². The van der Waals surface area contributed by atoms with Gasteiger partial charge in [-0.2, -0.15) is 0 Å². The monoisotopic (exact) mass is 317 g/mol. The first-order valence-electron chi connectivity index (χ1n) is 8.31. The number of nitrogens with one attached hydrogen (secondary N) is 1. The summed E-state index contributed by atoms with van der Waals surface area (Å²) in [4.78, 5) is 26.2. The third-order valence-electron chi connectivity index (χ3n) is 4.55. The summed E-state index contributed by atoms with van der Waals surface area (Å²) < 4.78 is 4.93. The Morgan fingerprint density at radius 2 is 2.35 bits per heavy atom. The number of hydrogen-bond donors (Lipinski definition) is 1. The van der Waals surface area contributed by atoms with Crippen LogP contribution in [-0.2, 0) is 9.59 Å². The van der Waals surface area contributed by atoms with E-state index in [-0.39, 0.29) is 24.2 Å². The third-order valence-corrected chi connectivity index (χ3v) is 4.55. The van der Waals surface area contributed by atoms with Crippen LogP contribution in [0.25, 0.3) is 0 Å². The predicted molar refractivity (Wildman–Crippen MR) is 85.7 cm³/mol. The lowest BCUT2D eigenvalue weighted by Crippen LogP contribution is -2.29. The summed E-state index contributed by atoms with van der Waals surface area (Å²) in [6, 6.07) is 1.67. The van der Waals surface area contributed by atoms with Gasteiger partial charge in [-0.3, -0.25) is 9.59 Å². The number of carbonyl (C=O) groups is 2. The molecule has 1 N–H and O–H groups in total. The van der Waals surface area contributed by atoms with Crippen molar-refractivity contribution in [3.63, 3.8) is 0 Å². The second-order valence-electron chi connectivity index (χ2n) is 6.41. The molecule has 23 heavy (non-hydrogen) atoms. The lowest BCUT2D eigenvalue weighted by atomic mass is 9.97. The maximum atomic E-state index is 12.2. The Labute approximate surface area is 135 Å². The highest BCUT2D eigenvalue weighted by atomic mass is 16.5. The molecule has 6 nitrogen and oxygen atoms in total. The van der Waals surface area contributed by atoms with Crippen LogP contribution in [-0.4, -0.2) is 35.0 Å². The van der Waals surface area contributed by atoms with Crippen molar-refractivity contribution in [2.45, 2.75) is 45.4 Å². The normalized spacial score (nSPS) is 21.4. The molecule has 1 saturated heterocycles. The summed E-state index contributed by atoms with van der Waals surface area (Å²) in [7, 11) is 0. The van der Waals surface area contributed by atoms with Crippen molar-refractivity contribution in [3.05, 3.63) is 23.5 Å². The number of aromatic nitrogens is 1. The van der Waals surface area contributed by atoms with Crippen LogP contribution in [0.5, 0.6) is 0 Å². The number of rotatable bonds is 5. The van der Waals surface area contributed by atoms with Gasteiger partial charge >= 0.3 is 0 Å². The molecule has 3 rings (SSSR count). The molecule has 1 atom stereocenters. The van der Waals surface area contributed by atoms with E-state index in [2.05, 4.69) is 16.5 Å². The van der Waals surface area contributed by atoms with Gasteiger partial charge in [0.15, 0.2) is 5.82 Å². The standard InChI is InChI=1S/C17H23N3O3/c1-12-9-15(19-23-12)18-17(22)14-10-16(21)20(11-14)8-7-13-5-3-2-4-6-13/h5,9,14H,2-4,6-8,10-11H2,1H3,(H,18,19,22). The molecule has 0 bridgehead atoms. The largest absolute Gasteiger partial charge is 0.360 e. The van der Waals surface area contributed by atoms with Gasteiger partial charge in [-0.15, -0.1) is 0 Å². The van der Waals surface area contributed by atoms with Gasteiger partial charge in [-0.1, -0.05) is 16.8 Å². The van der Waals surface area contributed by atoms with Crippen LogP contribution in [0.2, 0.25) is 0 Å². The molecule has 1 fully saturated rings. The SMILES string of the molecule is Cc1cc(NC(=O)C2CC(=O)N(CCC3=CCCCC3)C2)no1. The summed E-state index contributed by atoms with van der Waals surface area (Å²) >= 11 is 0. The number of likely N-dealkylation sites (tertiary alicyclic amines) is 1. The molecule has 0 saturated carbocycles. The van der Waals surface area contributed by atoms with Crippen LogP contribution in [0.1, 0.15) is 44.3 Å². The average molecular weight is 317 g/mol. The van der Waals surface area contributed by atoms with Crippen LogP contribution in [0, 0.1) is 12.8 Å². The molecule has 1 aromatic rings. The zero-order valence-electron chi connectivity index (χ0n) is 13.5. The Morgan fingerprint density at radius 3 is 3.04 bits per heavy atom. The topological polar surface area (TPSA) is 75.4 Å². The molecule has 2 aliphatic rings. The molecule has 2 amide bonds. The van der Waals surface area contributed by atoms with Crippen LogP contribution in [0.15, 0.2) is 22.2 Å². The molecule has 6 heteroatoms. The first kappa shape index (κ1) is 15.8. The molecule has 0 spiro atoms. The van der Waals surface area contributed by atoms with Gasteiger partial charge in [0.1, 0.15) is 5.76 Å². The van der Waals surface area contributed by atoms with E-state index in [0.717, 1.165) is 25.8 Å². The Hall–Kier alpha value is -2.11. The predicted octanol–water partition coefficient (Wildman–Crippen LogP) is 2.66. The summed E-state index contributed by atoms with van der Waals surface area (Å²) in [6.07, 6.45) is 8.35. The van der Waals surface area contributed by atoms with Gasteiger partial charge < -0.3 is 14.7 Å².